The minimum atomic E-state index is 0.00604. The van der Waals surface area contributed by atoms with Crippen molar-refractivity contribution >= 4 is 5.69 Å². The molecule has 1 atom stereocenters. The molecule has 0 radical (unpaired) electrons. The van der Waals surface area contributed by atoms with Crippen LogP contribution in [0.3, 0.4) is 0 Å². The smallest absolute Gasteiger partial charge is 0.142 e. The lowest BCUT2D eigenvalue weighted by Crippen LogP contribution is -2.43. The maximum Gasteiger partial charge on any atom is 0.142 e. The fourth-order valence-corrected chi connectivity index (χ4v) is 3.12. The highest BCUT2D eigenvalue weighted by atomic mass is 16.6. The van der Waals surface area contributed by atoms with Crippen molar-refractivity contribution in [2.75, 3.05) is 37.7 Å². The summed E-state index contributed by atoms with van der Waals surface area (Å²) in [6.07, 6.45) is 2.42. The predicted octanol–water partition coefficient (Wildman–Crippen LogP) is 2.43. The minimum absolute atomic E-state index is 0.00604. The monoisotopic (exact) mass is 290 g/mol. The molecule has 3 rings (SSSR count). The van der Waals surface area contributed by atoms with Crippen molar-refractivity contribution < 1.29 is 9.47 Å². The second-order valence-corrected chi connectivity index (χ2v) is 6.55. The quantitative estimate of drug-likeness (QED) is 0.923. The van der Waals surface area contributed by atoms with Crippen LogP contribution in [0.4, 0.5) is 5.69 Å². The summed E-state index contributed by atoms with van der Waals surface area (Å²) >= 11 is 0. The molecule has 0 aliphatic carbocycles. The zero-order chi connectivity index (χ0) is 14.7. The summed E-state index contributed by atoms with van der Waals surface area (Å²) in [5.74, 6) is 0.979. The van der Waals surface area contributed by atoms with Crippen LogP contribution < -0.4 is 15.0 Å². The maximum absolute atomic E-state index is 6.08. The molecular weight excluding hydrogens is 264 g/mol. The second-order valence-electron chi connectivity index (χ2n) is 6.55. The highest BCUT2D eigenvalue weighted by molar-refractivity contribution is 5.58. The van der Waals surface area contributed by atoms with Crippen molar-refractivity contribution in [1.82, 2.24) is 5.32 Å². The molecule has 1 aromatic carbocycles. The number of nitrogens with one attached hydrogen (secondary N) is 1. The second kappa shape index (κ2) is 6.24. The van der Waals surface area contributed by atoms with Crippen LogP contribution in [0.5, 0.6) is 5.75 Å². The van der Waals surface area contributed by atoms with Crippen molar-refractivity contribution in [2.24, 2.45) is 0 Å². The van der Waals surface area contributed by atoms with Gasteiger partial charge in [0, 0.05) is 26.2 Å². The number of para-hydroxylation sites is 2. The summed E-state index contributed by atoms with van der Waals surface area (Å²) in [6, 6.07) is 8.34. The van der Waals surface area contributed by atoms with Gasteiger partial charge >= 0.3 is 0 Å². The predicted molar refractivity (Wildman–Crippen MR) is 85.2 cm³/mol. The molecule has 2 aliphatic rings. The third-order valence-corrected chi connectivity index (χ3v) is 4.30. The molecule has 2 aliphatic heterocycles. The SMILES string of the molecule is CC1(C)CCC(COc2ccccc2N2CCNCC2)O1. The van der Waals surface area contributed by atoms with Gasteiger partial charge in [0.25, 0.3) is 0 Å². The average Bonchev–Trinajstić information content (AvgIpc) is 2.86. The third kappa shape index (κ3) is 3.69. The molecule has 0 spiro atoms. The lowest BCUT2D eigenvalue weighted by atomic mass is 10.1. The van der Waals surface area contributed by atoms with Gasteiger partial charge in [-0.3, -0.25) is 0 Å². The first-order chi connectivity index (χ1) is 10.1. The van der Waals surface area contributed by atoms with Gasteiger partial charge in [-0.25, -0.2) is 0 Å². The Morgan fingerprint density at radius 2 is 2.05 bits per heavy atom. The van der Waals surface area contributed by atoms with Crippen molar-refractivity contribution in [3.63, 3.8) is 0 Å². The van der Waals surface area contributed by atoms with Crippen LogP contribution >= 0.6 is 0 Å². The first-order valence-electron chi connectivity index (χ1n) is 7.99. The van der Waals surface area contributed by atoms with Gasteiger partial charge in [-0.1, -0.05) is 12.1 Å². The summed E-state index contributed by atoms with van der Waals surface area (Å²) < 4.78 is 12.1. The van der Waals surface area contributed by atoms with Crippen LogP contribution in [0.25, 0.3) is 0 Å². The van der Waals surface area contributed by atoms with Gasteiger partial charge in [0.05, 0.1) is 17.4 Å². The maximum atomic E-state index is 6.08. The molecule has 0 amide bonds. The van der Waals surface area contributed by atoms with Gasteiger partial charge in [0.2, 0.25) is 0 Å². The Balaban J connectivity index is 1.62. The van der Waals surface area contributed by atoms with Gasteiger partial charge in [-0.15, -0.1) is 0 Å². The van der Waals surface area contributed by atoms with Crippen molar-refractivity contribution in [3.8, 4) is 5.75 Å². The number of ether oxygens (including phenoxy) is 2. The molecule has 4 heteroatoms. The van der Waals surface area contributed by atoms with E-state index in [1.54, 1.807) is 0 Å². The number of benzene rings is 1. The number of rotatable bonds is 4. The topological polar surface area (TPSA) is 33.7 Å². The minimum Gasteiger partial charge on any atom is -0.489 e. The lowest BCUT2D eigenvalue weighted by molar-refractivity contribution is -0.0325. The Hall–Kier alpha value is -1.26. The third-order valence-electron chi connectivity index (χ3n) is 4.30. The van der Waals surface area contributed by atoms with E-state index in [1.165, 1.54) is 5.69 Å². The molecular formula is C17H26N2O2. The summed E-state index contributed by atoms with van der Waals surface area (Å²) in [4.78, 5) is 2.39. The summed E-state index contributed by atoms with van der Waals surface area (Å²) in [5, 5.41) is 3.39. The van der Waals surface area contributed by atoms with Gasteiger partial charge in [0.15, 0.2) is 0 Å². The first-order valence-corrected chi connectivity index (χ1v) is 7.99. The van der Waals surface area contributed by atoms with Crippen LogP contribution in [0, 0.1) is 0 Å². The number of anilines is 1. The Labute approximate surface area is 127 Å². The van der Waals surface area contributed by atoms with Crippen LogP contribution in [0.2, 0.25) is 0 Å². The molecule has 116 valence electrons. The fraction of sp³-hybridized carbons (Fsp3) is 0.647. The van der Waals surface area contributed by atoms with E-state index >= 15 is 0 Å². The molecule has 21 heavy (non-hydrogen) atoms. The van der Waals surface area contributed by atoms with Crippen molar-refractivity contribution in [1.29, 1.82) is 0 Å². The van der Waals surface area contributed by atoms with E-state index in [-0.39, 0.29) is 11.7 Å². The molecule has 4 nitrogen and oxygen atoms in total. The van der Waals surface area contributed by atoms with E-state index in [0.717, 1.165) is 44.8 Å². The summed E-state index contributed by atoms with van der Waals surface area (Å²) in [6.45, 7) is 9.10. The molecule has 2 heterocycles. The van der Waals surface area contributed by atoms with E-state index in [2.05, 4.69) is 42.3 Å². The van der Waals surface area contributed by atoms with Crippen LogP contribution in [0.15, 0.2) is 24.3 Å². The molecule has 1 unspecified atom stereocenters. The molecule has 2 saturated heterocycles. The number of hydrogen-bond donors (Lipinski definition) is 1. The fourth-order valence-electron chi connectivity index (χ4n) is 3.12. The van der Waals surface area contributed by atoms with Crippen LogP contribution in [-0.4, -0.2) is 44.5 Å². The van der Waals surface area contributed by atoms with E-state index in [0.29, 0.717) is 6.61 Å². The Morgan fingerprint density at radius 3 is 2.76 bits per heavy atom. The highest BCUT2D eigenvalue weighted by Crippen LogP contribution is 2.32. The van der Waals surface area contributed by atoms with Gasteiger partial charge < -0.3 is 19.7 Å². The van der Waals surface area contributed by atoms with Crippen LogP contribution in [0.1, 0.15) is 26.7 Å². The van der Waals surface area contributed by atoms with Crippen molar-refractivity contribution in [2.45, 2.75) is 38.4 Å². The zero-order valence-electron chi connectivity index (χ0n) is 13.1. The molecule has 0 aromatic heterocycles. The van der Waals surface area contributed by atoms with E-state index in [4.69, 9.17) is 9.47 Å². The van der Waals surface area contributed by atoms with Crippen LogP contribution in [-0.2, 0) is 4.74 Å². The van der Waals surface area contributed by atoms with Gasteiger partial charge in [-0.05, 0) is 38.8 Å². The standard InChI is InChI=1S/C17H26N2O2/c1-17(2)8-7-14(21-17)13-20-16-6-4-3-5-15(16)19-11-9-18-10-12-19/h3-6,14,18H,7-13H2,1-2H3. The molecule has 1 N–H and O–H groups in total. The summed E-state index contributed by atoms with van der Waals surface area (Å²) in [7, 11) is 0. The number of piperazine rings is 1. The average molecular weight is 290 g/mol. The number of hydrogen-bond acceptors (Lipinski definition) is 4. The van der Waals surface area contributed by atoms with E-state index in [9.17, 15) is 0 Å². The summed E-state index contributed by atoms with van der Waals surface area (Å²) in [5.41, 5.74) is 1.21. The zero-order valence-corrected chi connectivity index (χ0v) is 13.1. The number of nitrogens with zero attached hydrogens (tertiary/aromatic N) is 1. The Bertz CT molecular complexity index is 470. The molecule has 2 fully saturated rings. The van der Waals surface area contributed by atoms with Gasteiger partial charge in [-0.2, -0.15) is 0 Å². The molecule has 0 saturated carbocycles. The lowest BCUT2D eigenvalue weighted by Gasteiger charge is -2.31. The van der Waals surface area contributed by atoms with Gasteiger partial charge in [0.1, 0.15) is 12.4 Å². The highest BCUT2D eigenvalue weighted by Gasteiger charge is 2.32. The largest absolute Gasteiger partial charge is 0.489 e. The van der Waals surface area contributed by atoms with E-state index < -0.39 is 0 Å². The Morgan fingerprint density at radius 1 is 1.29 bits per heavy atom. The molecule has 0 bridgehead atoms. The van der Waals surface area contributed by atoms with Crippen molar-refractivity contribution in [3.05, 3.63) is 24.3 Å². The normalized spacial score (nSPS) is 25.0. The Kier molecular flexibility index (Phi) is 4.36. The van der Waals surface area contributed by atoms with E-state index in [1.807, 2.05) is 6.07 Å². The molecule has 1 aromatic rings. The first kappa shape index (κ1) is 14.7.